The molecule has 0 aliphatic carbocycles. The van der Waals surface area contributed by atoms with Gasteiger partial charge < -0.3 is 19.5 Å². The molecule has 7 heteroatoms. The second-order valence-electron chi connectivity index (χ2n) is 6.01. The third-order valence-electron chi connectivity index (χ3n) is 3.57. The van der Waals surface area contributed by atoms with Crippen LogP contribution in [0.1, 0.15) is 38.9 Å². The van der Waals surface area contributed by atoms with Crippen LogP contribution in [0.5, 0.6) is 0 Å². The molecule has 1 aliphatic rings. The van der Waals surface area contributed by atoms with Crippen molar-refractivity contribution < 1.29 is 14.1 Å². The van der Waals surface area contributed by atoms with E-state index in [4.69, 9.17) is 9.26 Å². The molecule has 1 saturated heterocycles. The smallest absolute Gasteiger partial charge is 0.226 e. The zero-order valence-electron chi connectivity index (χ0n) is 13.7. The number of hydrogen-bond acceptors (Lipinski definition) is 6. The van der Waals surface area contributed by atoms with Crippen molar-refractivity contribution in [2.75, 3.05) is 26.2 Å². The molecule has 1 aromatic heterocycles. The summed E-state index contributed by atoms with van der Waals surface area (Å²) < 4.78 is 10.8. The van der Waals surface area contributed by atoms with E-state index in [1.165, 1.54) is 0 Å². The molecule has 1 atom stereocenters. The number of aromatic nitrogens is 2. The van der Waals surface area contributed by atoms with Crippen LogP contribution in [0, 0.1) is 5.92 Å². The third-order valence-corrected chi connectivity index (χ3v) is 3.57. The van der Waals surface area contributed by atoms with Crippen molar-refractivity contribution in [3.8, 4) is 0 Å². The number of carbonyl (C=O) groups is 1. The standard InChI is InChI=1S/C15H26N4O3/c1-4-19(15(20)8-12-9-16-5-6-21-12)10-13-17-14(22-18-13)7-11(2)3/h11-12,16H,4-10H2,1-3H3. The van der Waals surface area contributed by atoms with Crippen molar-refractivity contribution in [3.05, 3.63) is 11.7 Å². The maximum atomic E-state index is 12.4. The fourth-order valence-electron chi connectivity index (χ4n) is 2.41. The molecular formula is C15H26N4O3. The lowest BCUT2D eigenvalue weighted by Gasteiger charge is -2.26. The van der Waals surface area contributed by atoms with Crippen LogP contribution in [0.2, 0.25) is 0 Å². The average Bonchev–Trinajstić information content (AvgIpc) is 2.92. The molecule has 1 N–H and O–H groups in total. The van der Waals surface area contributed by atoms with Gasteiger partial charge in [-0.2, -0.15) is 4.98 Å². The van der Waals surface area contributed by atoms with E-state index in [2.05, 4.69) is 29.3 Å². The lowest BCUT2D eigenvalue weighted by molar-refractivity contribution is -0.135. The molecule has 1 aromatic rings. The first kappa shape index (κ1) is 16.9. The average molecular weight is 310 g/mol. The highest BCUT2D eigenvalue weighted by atomic mass is 16.5. The molecule has 0 radical (unpaired) electrons. The molecule has 2 heterocycles. The van der Waals surface area contributed by atoms with Gasteiger partial charge in [0.1, 0.15) is 0 Å². The number of hydrogen-bond donors (Lipinski definition) is 1. The highest BCUT2D eigenvalue weighted by Gasteiger charge is 2.22. The van der Waals surface area contributed by atoms with Crippen LogP contribution in [0.25, 0.3) is 0 Å². The first-order valence-electron chi connectivity index (χ1n) is 8.00. The summed E-state index contributed by atoms with van der Waals surface area (Å²) in [6, 6.07) is 0. The Kier molecular flexibility index (Phi) is 6.33. The van der Waals surface area contributed by atoms with Gasteiger partial charge >= 0.3 is 0 Å². The van der Waals surface area contributed by atoms with Gasteiger partial charge in [-0.3, -0.25) is 4.79 Å². The number of nitrogens with one attached hydrogen (secondary N) is 1. The molecule has 0 bridgehead atoms. The molecule has 1 amide bonds. The van der Waals surface area contributed by atoms with Crippen LogP contribution >= 0.6 is 0 Å². The molecule has 1 unspecified atom stereocenters. The van der Waals surface area contributed by atoms with E-state index in [0.717, 1.165) is 19.5 Å². The summed E-state index contributed by atoms with van der Waals surface area (Å²) >= 11 is 0. The van der Waals surface area contributed by atoms with Crippen LogP contribution in [0.4, 0.5) is 0 Å². The van der Waals surface area contributed by atoms with Gasteiger partial charge in [-0.25, -0.2) is 0 Å². The Morgan fingerprint density at radius 2 is 2.32 bits per heavy atom. The molecule has 1 fully saturated rings. The van der Waals surface area contributed by atoms with Gasteiger partial charge in [0.05, 0.1) is 25.7 Å². The Hall–Kier alpha value is -1.47. The van der Waals surface area contributed by atoms with E-state index in [9.17, 15) is 4.79 Å². The molecule has 2 rings (SSSR count). The van der Waals surface area contributed by atoms with E-state index < -0.39 is 0 Å². The number of carbonyl (C=O) groups excluding carboxylic acids is 1. The Balaban J connectivity index is 1.87. The predicted octanol–water partition coefficient (Wildman–Crippen LogP) is 0.995. The number of morpholine rings is 1. The fraction of sp³-hybridized carbons (Fsp3) is 0.800. The van der Waals surface area contributed by atoms with Gasteiger partial charge in [-0.05, 0) is 12.8 Å². The summed E-state index contributed by atoms with van der Waals surface area (Å²) in [6.07, 6.45) is 1.10. The molecule has 22 heavy (non-hydrogen) atoms. The molecular weight excluding hydrogens is 284 g/mol. The van der Waals surface area contributed by atoms with Gasteiger partial charge in [0.2, 0.25) is 11.8 Å². The van der Waals surface area contributed by atoms with Gasteiger partial charge in [-0.15, -0.1) is 0 Å². The van der Waals surface area contributed by atoms with Crippen LogP contribution in [0.3, 0.4) is 0 Å². The van der Waals surface area contributed by atoms with E-state index in [1.807, 2.05) is 6.92 Å². The first-order chi connectivity index (χ1) is 10.6. The van der Waals surface area contributed by atoms with Gasteiger partial charge in [0, 0.05) is 26.1 Å². The topological polar surface area (TPSA) is 80.5 Å². The molecule has 0 spiro atoms. The largest absolute Gasteiger partial charge is 0.375 e. The summed E-state index contributed by atoms with van der Waals surface area (Å²) in [4.78, 5) is 18.5. The number of nitrogens with zero attached hydrogens (tertiary/aromatic N) is 3. The van der Waals surface area contributed by atoms with Crippen LogP contribution < -0.4 is 5.32 Å². The van der Waals surface area contributed by atoms with E-state index in [-0.39, 0.29) is 12.0 Å². The normalized spacial score (nSPS) is 18.6. The van der Waals surface area contributed by atoms with Crippen molar-refractivity contribution in [1.29, 1.82) is 0 Å². The van der Waals surface area contributed by atoms with E-state index >= 15 is 0 Å². The monoisotopic (exact) mass is 310 g/mol. The maximum absolute atomic E-state index is 12.4. The summed E-state index contributed by atoms with van der Waals surface area (Å²) in [5, 5.41) is 7.20. The second kappa shape index (κ2) is 8.24. The third kappa shape index (κ3) is 5.06. The quantitative estimate of drug-likeness (QED) is 0.809. The van der Waals surface area contributed by atoms with Crippen LogP contribution in [0.15, 0.2) is 4.52 Å². The van der Waals surface area contributed by atoms with Crippen LogP contribution in [-0.4, -0.2) is 53.3 Å². The number of ether oxygens (including phenoxy) is 1. The van der Waals surface area contributed by atoms with Crippen LogP contribution in [-0.2, 0) is 22.5 Å². The molecule has 124 valence electrons. The zero-order valence-corrected chi connectivity index (χ0v) is 13.7. The van der Waals surface area contributed by atoms with E-state index in [1.54, 1.807) is 4.90 Å². The summed E-state index contributed by atoms with van der Waals surface area (Å²) in [6.45, 7) is 9.40. The minimum Gasteiger partial charge on any atom is -0.375 e. The van der Waals surface area contributed by atoms with Crippen molar-refractivity contribution >= 4 is 5.91 Å². The fourth-order valence-corrected chi connectivity index (χ4v) is 2.41. The second-order valence-corrected chi connectivity index (χ2v) is 6.01. The minimum absolute atomic E-state index is 0.0444. The van der Waals surface area contributed by atoms with Crippen molar-refractivity contribution in [2.45, 2.75) is 46.3 Å². The van der Waals surface area contributed by atoms with Crippen molar-refractivity contribution in [3.63, 3.8) is 0 Å². The van der Waals surface area contributed by atoms with Crippen molar-refractivity contribution in [1.82, 2.24) is 20.4 Å². The Labute approximate surface area is 131 Å². The summed E-state index contributed by atoms with van der Waals surface area (Å²) in [7, 11) is 0. The summed E-state index contributed by atoms with van der Waals surface area (Å²) in [5.41, 5.74) is 0. The zero-order chi connectivity index (χ0) is 15.9. The molecule has 0 aromatic carbocycles. The SMILES string of the molecule is CCN(Cc1noc(CC(C)C)n1)C(=O)CC1CNCCO1. The van der Waals surface area contributed by atoms with Gasteiger partial charge in [-0.1, -0.05) is 19.0 Å². The maximum Gasteiger partial charge on any atom is 0.226 e. The minimum atomic E-state index is -0.0444. The number of amides is 1. The molecule has 1 aliphatic heterocycles. The Bertz CT molecular complexity index is 469. The predicted molar refractivity (Wildman–Crippen MR) is 81.2 cm³/mol. The molecule has 0 saturated carbocycles. The van der Waals surface area contributed by atoms with Crippen molar-refractivity contribution in [2.24, 2.45) is 5.92 Å². The highest BCUT2D eigenvalue weighted by molar-refractivity contribution is 5.76. The Morgan fingerprint density at radius 3 is 2.95 bits per heavy atom. The Morgan fingerprint density at radius 1 is 1.50 bits per heavy atom. The molecule has 7 nitrogen and oxygen atoms in total. The lowest BCUT2D eigenvalue weighted by atomic mass is 10.1. The summed E-state index contributed by atoms with van der Waals surface area (Å²) in [5.74, 6) is 1.72. The van der Waals surface area contributed by atoms with Gasteiger partial charge in [0.15, 0.2) is 5.82 Å². The van der Waals surface area contributed by atoms with E-state index in [0.29, 0.717) is 43.8 Å². The number of rotatable bonds is 7. The van der Waals surface area contributed by atoms with Gasteiger partial charge in [0.25, 0.3) is 0 Å². The lowest BCUT2D eigenvalue weighted by Crippen LogP contribution is -2.42. The first-order valence-corrected chi connectivity index (χ1v) is 8.00. The highest BCUT2D eigenvalue weighted by Crippen LogP contribution is 2.10.